The van der Waals surface area contributed by atoms with Gasteiger partial charge in [0.05, 0.1) is 4.92 Å². The molecule has 0 aliphatic rings. The van der Waals surface area contributed by atoms with E-state index in [0.29, 0.717) is 11.1 Å². The van der Waals surface area contributed by atoms with Crippen molar-refractivity contribution in [1.82, 2.24) is 0 Å². The smallest absolute Gasteiger partial charge is 0.270 e. The number of nitro benzene ring substituents is 1. The van der Waals surface area contributed by atoms with Gasteiger partial charge in [-0.3, -0.25) is 10.1 Å². The second-order valence-electron chi connectivity index (χ2n) is 5.09. The molecule has 0 aromatic heterocycles. The fourth-order valence-electron chi connectivity index (χ4n) is 1.38. The second kappa shape index (κ2) is 5.70. The normalized spacial score (nSPS) is 11.9. The third kappa shape index (κ3) is 4.25. The van der Waals surface area contributed by atoms with E-state index >= 15 is 0 Å². The highest BCUT2D eigenvalue weighted by Gasteiger charge is 2.15. The van der Waals surface area contributed by atoms with Crippen molar-refractivity contribution in [2.24, 2.45) is 0 Å². The van der Waals surface area contributed by atoms with E-state index in [1.165, 1.54) is 18.2 Å². The van der Waals surface area contributed by atoms with Gasteiger partial charge in [-0.1, -0.05) is 31.5 Å². The highest BCUT2D eigenvalue weighted by atomic mass is 28.3. The van der Waals surface area contributed by atoms with Crippen LogP contribution >= 0.6 is 0 Å². The number of nitrogens with zero attached hydrogens (tertiary/aromatic N) is 1. The SMILES string of the molecule is C#Cc1cc([N+](=O)[O-])ccc1[C@H](O)C#C[Si](C)(C)C. The van der Waals surface area contributed by atoms with Gasteiger partial charge in [-0.05, 0) is 6.07 Å². The van der Waals surface area contributed by atoms with Gasteiger partial charge in [0, 0.05) is 23.3 Å². The largest absolute Gasteiger partial charge is 0.376 e. The highest BCUT2D eigenvalue weighted by molar-refractivity contribution is 6.83. The molecule has 0 heterocycles. The third-order valence-electron chi connectivity index (χ3n) is 2.28. The molecule has 1 aromatic carbocycles. The Labute approximate surface area is 113 Å². The summed E-state index contributed by atoms with van der Waals surface area (Å²) < 4.78 is 0. The summed E-state index contributed by atoms with van der Waals surface area (Å²) in [5, 5.41) is 20.7. The maximum Gasteiger partial charge on any atom is 0.270 e. The first-order valence-corrected chi connectivity index (χ1v) is 9.20. The van der Waals surface area contributed by atoms with E-state index < -0.39 is 19.1 Å². The van der Waals surface area contributed by atoms with Crippen molar-refractivity contribution < 1.29 is 10.0 Å². The Morgan fingerprint density at radius 3 is 2.53 bits per heavy atom. The number of nitro groups is 1. The molecule has 0 aliphatic heterocycles. The van der Waals surface area contributed by atoms with Crippen LogP contribution in [0.4, 0.5) is 5.69 Å². The zero-order valence-corrected chi connectivity index (χ0v) is 12.1. The summed E-state index contributed by atoms with van der Waals surface area (Å²) >= 11 is 0. The molecule has 4 nitrogen and oxygen atoms in total. The maximum atomic E-state index is 10.7. The van der Waals surface area contributed by atoms with Gasteiger partial charge in [0.15, 0.2) is 0 Å². The van der Waals surface area contributed by atoms with Crippen molar-refractivity contribution in [3.63, 3.8) is 0 Å². The van der Waals surface area contributed by atoms with Gasteiger partial charge in [-0.25, -0.2) is 0 Å². The predicted octanol–water partition coefficient (Wildman–Crippen LogP) is 2.49. The van der Waals surface area contributed by atoms with Crippen molar-refractivity contribution >= 4 is 13.8 Å². The Kier molecular flexibility index (Phi) is 4.50. The second-order valence-corrected chi connectivity index (χ2v) is 9.84. The van der Waals surface area contributed by atoms with Crippen LogP contribution in [0.25, 0.3) is 0 Å². The van der Waals surface area contributed by atoms with E-state index in [4.69, 9.17) is 6.42 Å². The Morgan fingerprint density at radius 1 is 1.42 bits per heavy atom. The Balaban J connectivity index is 3.17. The van der Waals surface area contributed by atoms with Crippen LogP contribution in [0, 0.1) is 33.9 Å². The minimum Gasteiger partial charge on any atom is -0.376 e. The molecule has 0 saturated carbocycles. The molecule has 0 unspecified atom stereocenters. The van der Waals surface area contributed by atoms with E-state index in [2.05, 4.69) is 37.0 Å². The molecule has 5 heteroatoms. The molecule has 0 fully saturated rings. The molecule has 0 radical (unpaired) electrons. The van der Waals surface area contributed by atoms with Crippen LogP contribution in [-0.2, 0) is 0 Å². The number of aliphatic hydroxyl groups excluding tert-OH is 1. The average molecular weight is 273 g/mol. The lowest BCUT2D eigenvalue weighted by atomic mass is 10.0. The Morgan fingerprint density at radius 2 is 2.05 bits per heavy atom. The number of rotatable bonds is 2. The highest BCUT2D eigenvalue weighted by Crippen LogP contribution is 2.22. The van der Waals surface area contributed by atoms with E-state index in [0.717, 1.165) is 0 Å². The first-order chi connectivity index (χ1) is 8.74. The molecule has 98 valence electrons. The van der Waals surface area contributed by atoms with Crippen molar-refractivity contribution in [2.45, 2.75) is 25.7 Å². The van der Waals surface area contributed by atoms with E-state index in [-0.39, 0.29) is 5.69 Å². The fourth-order valence-corrected chi connectivity index (χ4v) is 1.95. The van der Waals surface area contributed by atoms with Crippen LogP contribution < -0.4 is 0 Å². The standard InChI is InChI=1S/C14H15NO3Si/c1-5-11-10-12(15(17)18)6-7-13(11)14(16)8-9-19(2,3)4/h1,6-7,10,14,16H,2-4H3/t14-/m1/s1. The summed E-state index contributed by atoms with van der Waals surface area (Å²) in [5.74, 6) is 5.11. The summed E-state index contributed by atoms with van der Waals surface area (Å²) in [7, 11) is -1.59. The van der Waals surface area contributed by atoms with Crippen molar-refractivity contribution in [3.05, 3.63) is 39.4 Å². The van der Waals surface area contributed by atoms with Gasteiger partial charge in [-0.2, -0.15) is 0 Å². The number of hydrogen-bond acceptors (Lipinski definition) is 3. The number of aliphatic hydroxyl groups is 1. The number of non-ortho nitro benzene ring substituents is 1. The molecule has 0 aliphatic carbocycles. The topological polar surface area (TPSA) is 63.4 Å². The van der Waals surface area contributed by atoms with Crippen molar-refractivity contribution in [3.8, 4) is 23.8 Å². The van der Waals surface area contributed by atoms with E-state index in [1.54, 1.807) is 0 Å². The van der Waals surface area contributed by atoms with Gasteiger partial charge >= 0.3 is 0 Å². The first kappa shape index (κ1) is 15.0. The van der Waals surface area contributed by atoms with Crippen molar-refractivity contribution in [2.75, 3.05) is 0 Å². The molecule has 1 aromatic rings. The molecule has 1 atom stereocenters. The third-order valence-corrected chi connectivity index (χ3v) is 3.18. The zero-order valence-electron chi connectivity index (χ0n) is 11.1. The molecule has 0 spiro atoms. The quantitative estimate of drug-likeness (QED) is 0.390. The van der Waals surface area contributed by atoms with Gasteiger partial charge in [0.1, 0.15) is 14.2 Å². The Hall–Kier alpha value is -2.08. The maximum absolute atomic E-state index is 10.7. The van der Waals surface area contributed by atoms with Gasteiger partial charge < -0.3 is 5.11 Å². The lowest BCUT2D eigenvalue weighted by Crippen LogP contribution is -2.17. The van der Waals surface area contributed by atoms with Crippen molar-refractivity contribution in [1.29, 1.82) is 0 Å². The first-order valence-electron chi connectivity index (χ1n) is 5.70. The molecular weight excluding hydrogens is 258 g/mol. The molecule has 1 N–H and O–H groups in total. The van der Waals surface area contributed by atoms with Gasteiger partial charge in [0.2, 0.25) is 0 Å². The summed E-state index contributed by atoms with van der Waals surface area (Å²) in [6, 6.07) is 4.04. The van der Waals surface area contributed by atoms with Crippen LogP contribution in [0.2, 0.25) is 19.6 Å². The number of hydrogen-bond donors (Lipinski definition) is 1. The molecule has 1 rings (SSSR count). The lowest BCUT2D eigenvalue weighted by Gasteiger charge is -2.09. The molecule has 0 bridgehead atoms. The molecule has 0 amide bonds. The predicted molar refractivity (Wildman–Crippen MR) is 77.1 cm³/mol. The van der Waals surface area contributed by atoms with Gasteiger partial charge in [-0.15, -0.1) is 12.0 Å². The fraction of sp³-hybridized carbons (Fsp3) is 0.286. The van der Waals surface area contributed by atoms with Crippen LogP contribution in [0.5, 0.6) is 0 Å². The Bertz CT molecular complexity index is 600. The molecule has 19 heavy (non-hydrogen) atoms. The zero-order chi connectivity index (χ0) is 14.6. The summed E-state index contributed by atoms with van der Waals surface area (Å²) in [6.07, 6.45) is 4.30. The monoisotopic (exact) mass is 273 g/mol. The number of benzene rings is 1. The lowest BCUT2D eigenvalue weighted by molar-refractivity contribution is -0.384. The summed E-state index contributed by atoms with van der Waals surface area (Å²) in [6.45, 7) is 6.18. The van der Waals surface area contributed by atoms with E-state index in [9.17, 15) is 15.2 Å². The van der Waals surface area contributed by atoms with Crippen LogP contribution in [0.1, 0.15) is 17.2 Å². The summed E-state index contributed by atoms with van der Waals surface area (Å²) in [5.41, 5.74) is 3.68. The average Bonchev–Trinajstić information content (AvgIpc) is 2.34. The molecule has 0 saturated heterocycles. The van der Waals surface area contributed by atoms with E-state index in [1.807, 2.05) is 0 Å². The van der Waals surface area contributed by atoms with Gasteiger partial charge in [0.25, 0.3) is 5.69 Å². The molecular formula is C14H15NO3Si. The number of terminal acetylenes is 1. The summed E-state index contributed by atoms with van der Waals surface area (Å²) in [4.78, 5) is 10.1. The van der Waals surface area contributed by atoms with Crippen LogP contribution in [0.15, 0.2) is 18.2 Å². The minimum atomic E-state index is -1.59. The minimum absolute atomic E-state index is 0.0953. The van der Waals surface area contributed by atoms with Crippen LogP contribution in [0.3, 0.4) is 0 Å². The van der Waals surface area contributed by atoms with Crippen LogP contribution in [-0.4, -0.2) is 18.1 Å².